The average molecular weight is 373 g/mol. The van der Waals surface area contributed by atoms with E-state index < -0.39 is 11.1 Å². The molecule has 0 aliphatic rings. The molecule has 0 amide bonds. The Morgan fingerprint density at radius 2 is 1.85 bits per heavy atom. The standard InChI is InChI=1S/C11H9NO3.Ag.NO3/c13-10-3-1-2-9(6-10)12-5-4-8(7-12)11(14)15;;2-1(3)4/h1-7,13H,(H,14,15);;/q;+1;-1. The summed E-state index contributed by atoms with van der Waals surface area (Å²) in [5, 5.41) is 32.7. The number of carboxylic acid groups (broad SMARTS) is 1. The first kappa shape index (κ1) is 17.7. The number of phenols is 1. The normalized spacial score (nSPS) is 8.80. The van der Waals surface area contributed by atoms with Gasteiger partial charge in [-0.05, 0) is 18.2 Å². The summed E-state index contributed by atoms with van der Waals surface area (Å²) < 4.78 is 1.64. The number of hydrogen-bond acceptors (Lipinski definition) is 5. The molecule has 0 spiro atoms. The molecule has 0 fully saturated rings. The van der Waals surface area contributed by atoms with Crippen molar-refractivity contribution in [3.63, 3.8) is 0 Å². The Bertz CT molecular complexity index is 594. The number of rotatable bonds is 2. The number of hydrogen-bond donors (Lipinski definition) is 2. The number of aromatic carboxylic acids is 1. The summed E-state index contributed by atoms with van der Waals surface area (Å²) >= 11 is 0. The number of aromatic nitrogens is 1. The Balaban J connectivity index is 0.000000644. The van der Waals surface area contributed by atoms with Gasteiger partial charge in [0.25, 0.3) is 0 Å². The van der Waals surface area contributed by atoms with Crippen LogP contribution in [0.15, 0.2) is 42.7 Å². The Hall–Kier alpha value is -2.29. The number of benzene rings is 1. The van der Waals surface area contributed by atoms with Crippen LogP contribution >= 0.6 is 0 Å². The summed E-state index contributed by atoms with van der Waals surface area (Å²) in [6.07, 6.45) is 3.13. The van der Waals surface area contributed by atoms with Crippen molar-refractivity contribution in [2.45, 2.75) is 0 Å². The molecule has 0 saturated heterocycles. The van der Waals surface area contributed by atoms with E-state index in [0.29, 0.717) is 0 Å². The van der Waals surface area contributed by atoms with Crippen molar-refractivity contribution in [3.8, 4) is 11.4 Å². The van der Waals surface area contributed by atoms with E-state index in [4.69, 9.17) is 20.4 Å². The third-order valence-electron chi connectivity index (χ3n) is 2.07. The van der Waals surface area contributed by atoms with Gasteiger partial charge in [-0.3, -0.25) is 0 Å². The summed E-state index contributed by atoms with van der Waals surface area (Å²) in [6, 6.07) is 8.11. The zero-order chi connectivity index (χ0) is 14.4. The van der Waals surface area contributed by atoms with Gasteiger partial charge in [-0.15, -0.1) is 0 Å². The van der Waals surface area contributed by atoms with Crippen LogP contribution in [-0.2, 0) is 22.4 Å². The van der Waals surface area contributed by atoms with Crippen LogP contribution in [0.5, 0.6) is 5.75 Å². The van der Waals surface area contributed by atoms with Crippen molar-refractivity contribution in [2.24, 2.45) is 0 Å². The van der Waals surface area contributed by atoms with Crippen molar-refractivity contribution >= 4 is 5.97 Å². The number of nitrogens with zero attached hydrogens (tertiary/aromatic N) is 2. The van der Waals surface area contributed by atoms with Crippen LogP contribution < -0.4 is 0 Å². The first-order valence-electron chi connectivity index (χ1n) is 4.92. The molecule has 0 atom stereocenters. The fourth-order valence-corrected chi connectivity index (χ4v) is 1.34. The van der Waals surface area contributed by atoms with Crippen molar-refractivity contribution in [2.75, 3.05) is 0 Å². The van der Waals surface area contributed by atoms with E-state index in [9.17, 15) is 9.90 Å². The van der Waals surface area contributed by atoms with Gasteiger partial charge in [0, 0.05) is 24.1 Å². The van der Waals surface area contributed by atoms with E-state index in [2.05, 4.69) is 0 Å². The van der Waals surface area contributed by atoms with Gasteiger partial charge in [-0.1, -0.05) is 6.07 Å². The van der Waals surface area contributed by atoms with E-state index in [1.807, 2.05) is 0 Å². The Morgan fingerprint density at radius 1 is 1.25 bits per heavy atom. The van der Waals surface area contributed by atoms with Crippen molar-refractivity contribution < 1.29 is 42.5 Å². The molecule has 2 aromatic rings. The molecule has 0 aliphatic heterocycles. The van der Waals surface area contributed by atoms with Gasteiger partial charge in [0.1, 0.15) is 5.75 Å². The second kappa shape index (κ2) is 8.00. The molecule has 0 bridgehead atoms. The molecule has 110 valence electrons. The number of carbonyl (C=O) groups is 1. The predicted molar refractivity (Wildman–Crippen MR) is 64.8 cm³/mol. The molecule has 0 saturated carbocycles. The zero-order valence-electron chi connectivity index (χ0n) is 9.76. The van der Waals surface area contributed by atoms with Crippen molar-refractivity contribution in [1.82, 2.24) is 4.57 Å². The Kier molecular flexibility index (Phi) is 7.08. The fourth-order valence-electron chi connectivity index (χ4n) is 1.34. The Labute approximate surface area is 128 Å². The topological polar surface area (TPSA) is 129 Å². The molecule has 0 radical (unpaired) electrons. The first-order valence-corrected chi connectivity index (χ1v) is 4.92. The summed E-state index contributed by atoms with van der Waals surface area (Å²) in [6.45, 7) is 0. The largest absolute Gasteiger partial charge is 1.00 e. The summed E-state index contributed by atoms with van der Waals surface area (Å²) in [5.41, 5.74) is 0.945. The van der Waals surface area contributed by atoms with Crippen molar-refractivity contribution in [3.05, 3.63) is 63.6 Å². The van der Waals surface area contributed by atoms with E-state index in [1.165, 1.54) is 12.3 Å². The average Bonchev–Trinajstić information content (AvgIpc) is 2.77. The van der Waals surface area contributed by atoms with Gasteiger partial charge in [0.05, 0.1) is 10.7 Å². The van der Waals surface area contributed by atoms with Crippen LogP contribution in [0.2, 0.25) is 0 Å². The molecule has 9 heteroatoms. The summed E-state index contributed by atoms with van der Waals surface area (Å²) in [4.78, 5) is 18.9. The summed E-state index contributed by atoms with van der Waals surface area (Å²) in [5.74, 6) is -0.813. The van der Waals surface area contributed by atoms with Crippen LogP contribution in [0, 0.1) is 15.3 Å². The van der Waals surface area contributed by atoms with E-state index in [1.54, 1.807) is 35.0 Å². The minimum atomic E-state index is -1.75. The molecule has 1 aromatic heterocycles. The van der Waals surface area contributed by atoms with Gasteiger partial charge in [-0.25, -0.2) is 4.79 Å². The van der Waals surface area contributed by atoms with E-state index in [0.717, 1.165) is 5.69 Å². The number of phenolic OH excluding ortho intramolecular Hbond substituents is 1. The molecule has 8 nitrogen and oxygen atoms in total. The second-order valence-electron chi connectivity index (χ2n) is 3.36. The van der Waals surface area contributed by atoms with E-state index >= 15 is 0 Å². The molecule has 2 N–H and O–H groups in total. The fraction of sp³-hybridized carbons (Fsp3) is 0. The number of aromatic hydroxyl groups is 1. The minimum Gasteiger partial charge on any atom is -0.508 e. The molecule has 2 rings (SSSR count). The molecule has 0 unspecified atom stereocenters. The predicted octanol–water partition coefficient (Wildman–Crippen LogP) is 1.64. The molecule has 20 heavy (non-hydrogen) atoms. The van der Waals surface area contributed by atoms with Gasteiger partial charge in [-0.2, -0.15) is 0 Å². The first-order chi connectivity index (χ1) is 8.90. The third kappa shape index (κ3) is 5.57. The maximum absolute atomic E-state index is 10.6. The molecular formula is C11H9AgN2O6. The Morgan fingerprint density at radius 3 is 2.30 bits per heavy atom. The molecule has 0 aliphatic carbocycles. The van der Waals surface area contributed by atoms with Crippen LogP contribution in [0.3, 0.4) is 0 Å². The molecular weight excluding hydrogens is 364 g/mol. The maximum atomic E-state index is 10.6. The quantitative estimate of drug-likeness (QED) is 0.468. The minimum absolute atomic E-state index is 0. The smallest absolute Gasteiger partial charge is 0.508 e. The van der Waals surface area contributed by atoms with E-state index in [-0.39, 0.29) is 33.7 Å². The summed E-state index contributed by atoms with van der Waals surface area (Å²) in [7, 11) is 0. The van der Waals surface area contributed by atoms with Gasteiger partial charge in [0.2, 0.25) is 0 Å². The maximum Gasteiger partial charge on any atom is 1.00 e. The zero-order valence-corrected chi connectivity index (χ0v) is 11.2. The third-order valence-corrected chi connectivity index (χ3v) is 2.07. The van der Waals surface area contributed by atoms with Gasteiger partial charge < -0.3 is 30.1 Å². The molecule has 1 aromatic carbocycles. The van der Waals surface area contributed by atoms with Crippen LogP contribution in [0.1, 0.15) is 10.4 Å². The van der Waals surface area contributed by atoms with Crippen LogP contribution in [0.25, 0.3) is 5.69 Å². The second-order valence-corrected chi connectivity index (χ2v) is 3.36. The SMILES string of the molecule is O=C(O)c1ccn(-c2cccc(O)c2)c1.O=[N+]([O-])[O-].[Ag+]. The van der Waals surface area contributed by atoms with Crippen LogP contribution in [-0.4, -0.2) is 25.8 Å². The molecule has 1 heterocycles. The van der Waals surface area contributed by atoms with Gasteiger partial charge in [0.15, 0.2) is 0 Å². The van der Waals surface area contributed by atoms with Gasteiger partial charge >= 0.3 is 28.3 Å². The monoisotopic (exact) mass is 372 g/mol. The van der Waals surface area contributed by atoms with Crippen molar-refractivity contribution in [1.29, 1.82) is 0 Å². The number of carboxylic acids is 1. The van der Waals surface area contributed by atoms with Crippen LogP contribution in [0.4, 0.5) is 0 Å².